The predicted molar refractivity (Wildman–Crippen MR) is 46.6 cm³/mol. The van der Waals surface area contributed by atoms with E-state index in [-0.39, 0.29) is 13.0 Å². The van der Waals surface area contributed by atoms with Gasteiger partial charge in [-0.3, -0.25) is 0 Å². The predicted octanol–water partition coefficient (Wildman–Crippen LogP) is 1.18. The van der Waals surface area contributed by atoms with Crippen LogP contribution in [0.2, 0.25) is 0 Å². The van der Waals surface area contributed by atoms with Crippen LogP contribution in [0.3, 0.4) is 0 Å². The largest absolute Gasteiger partial charge is 0.465 e. The van der Waals surface area contributed by atoms with Crippen molar-refractivity contribution in [2.75, 3.05) is 13.1 Å². The molecular formula is C8H13F3N2O2. The zero-order chi connectivity index (χ0) is 11.5. The van der Waals surface area contributed by atoms with Crippen LogP contribution in [0, 0.1) is 5.92 Å². The zero-order valence-corrected chi connectivity index (χ0v) is 7.97. The van der Waals surface area contributed by atoms with Crippen molar-refractivity contribution in [1.29, 1.82) is 0 Å². The maximum Gasteiger partial charge on any atom is 0.404 e. The van der Waals surface area contributed by atoms with E-state index in [2.05, 4.69) is 5.32 Å². The van der Waals surface area contributed by atoms with Gasteiger partial charge in [-0.05, 0) is 19.4 Å². The molecule has 0 radical (unpaired) electrons. The molecule has 3 N–H and O–H groups in total. The molecule has 0 saturated carbocycles. The van der Waals surface area contributed by atoms with E-state index in [0.717, 1.165) is 0 Å². The molecule has 1 aliphatic rings. The highest BCUT2D eigenvalue weighted by Crippen LogP contribution is 2.33. The standard InChI is InChI=1S/C8H13F3N2O2/c9-8(10,11)5-2-1-3-12-6(5)4-13-7(14)15/h5-6,12-13H,1-4H2,(H,14,15)/t5-,6-/m1/s1. The van der Waals surface area contributed by atoms with Crippen molar-refractivity contribution < 1.29 is 23.1 Å². The molecule has 0 unspecified atom stereocenters. The summed E-state index contributed by atoms with van der Waals surface area (Å²) in [6, 6.07) is -0.852. The Kier molecular flexibility index (Phi) is 3.78. The fourth-order valence-corrected chi connectivity index (χ4v) is 1.76. The first-order valence-electron chi connectivity index (χ1n) is 4.68. The summed E-state index contributed by atoms with van der Waals surface area (Å²) in [6.07, 6.45) is -5.04. The number of hydrogen-bond donors (Lipinski definition) is 3. The summed E-state index contributed by atoms with van der Waals surface area (Å²) in [5.74, 6) is -1.46. The fourth-order valence-electron chi connectivity index (χ4n) is 1.76. The Morgan fingerprint density at radius 3 is 2.73 bits per heavy atom. The van der Waals surface area contributed by atoms with E-state index in [9.17, 15) is 18.0 Å². The van der Waals surface area contributed by atoms with Crippen LogP contribution in [0.25, 0.3) is 0 Å². The number of hydrogen-bond acceptors (Lipinski definition) is 2. The second-order valence-electron chi connectivity index (χ2n) is 3.54. The van der Waals surface area contributed by atoms with Gasteiger partial charge >= 0.3 is 12.3 Å². The highest BCUT2D eigenvalue weighted by Gasteiger charge is 2.45. The molecule has 2 atom stereocenters. The van der Waals surface area contributed by atoms with Gasteiger partial charge in [0.1, 0.15) is 0 Å². The molecule has 0 aliphatic carbocycles. The van der Waals surface area contributed by atoms with Gasteiger partial charge in [0.2, 0.25) is 0 Å². The highest BCUT2D eigenvalue weighted by molar-refractivity contribution is 5.64. The lowest BCUT2D eigenvalue weighted by atomic mass is 9.90. The number of piperidine rings is 1. The Morgan fingerprint density at radius 2 is 2.20 bits per heavy atom. The van der Waals surface area contributed by atoms with Crippen LogP contribution in [0.4, 0.5) is 18.0 Å². The van der Waals surface area contributed by atoms with Crippen LogP contribution in [0.15, 0.2) is 0 Å². The van der Waals surface area contributed by atoms with Gasteiger partial charge < -0.3 is 15.7 Å². The van der Waals surface area contributed by atoms with Gasteiger partial charge in [-0.15, -0.1) is 0 Å². The van der Waals surface area contributed by atoms with Crippen molar-refractivity contribution in [3.05, 3.63) is 0 Å². The molecule has 1 rings (SSSR count). The van der Waals surface area contributed by atoms with Crippen LogP contribution in [-0.4, -0.2) is 36.5 Å². The lowest BCUT2D eigenvalue weighted by molar-refractivity contribution is -0.187. The monoisotopic (exact) mass is 226 g/mol. The summed E-state index contributed by atoms with van der Waals surface area (Å²) in [5, 5.41) is 13.0. The Balaban J connectivity index is 2.54. The maximum absolute atomic E-state index is 12.5. The Labute approximate surface area is 84.8 Å². The molecule has 0 spiro atoms. The van der Waals surface area contributed by atoms with E-state index >= 15 is 0 Å². The number of amides is 1. The zero-order valence-electron chi connectivity index (χ0n) is 7.97. The molecule has 0 aromatic carbocycles. The van der Waals surface area contributed by atoms with Crippen molar-refractivity contribution >= 4 is 6.09 Å². The van der Waals surface area contributed by atoms with Gasteiger partial charge in [0.25, 0.3) is 0 Å². The molecule has 0 aromatic heterocycles. The fraction of sp³-hybridized carbons (Fsp3) is 0.875. The van der Waals surface area contributed by atoms with E-state index in [1.165, 1.54) is 0 Å². The lowest BCUT2D eigenvalue weighted by Crippen LogP contribution is -2.52. The molecule has 7 heteroatoms. The minimum atomic E-state index is -4.27. The second-order valence-corrected chi connectivity index (χ2v) is 3.54. The minimum absolute atomic E-state index is 0.0580. The van der Waals surface area contributed by atoms with Crippen molar-refractivity contribution in [1.82, 2.24) is 10.6 Å². The number of rotatable bonds is 2. The molecule has 1 amide bonds. The van der Waals surface area contributed by atoms with Gasteiger partial charge in [-0.2, -0.15) is 13.2 Å². The number of nitrogens with one attached hydrogen (secondary N) is 2. The molecule has 1 fully saturated rings. The topological polar surface area (TPSA) is 61.4 Å². The minimum Gasteiger partial charge on any atom is -0.465 e. The van der Waals surface area contributed by atoms with Gasteiger partial charge in [0.15, 0.2) is 0 Å². The highest BCUT2D eigenvalue weighted by atomic mass is 19.4. The third-order valence-electron chi connectivity index (χ3n) is 2.48. The van der Waals surface area contributed by atoms with Crippen molar-refractivity contribution in [3.63, 3.8) is 0 Å². The summed E-state index contributed by atoms with van der Waals surface area (Å²) in [4.78, 5) is 10.2. The summed E-state index contributed by atoms with van der Waals surface area (Å²) in [7, 11) is 0. The SMILES string of the molecule is O=C(O)NC[C@H]1NCCC[C@H]1C(F)(F)F. The summed E-state index contributed by atoms with van der Waals surface area (Å²) >= 11 is 0. The lowest BCUT2D eigenvalue weighted by Gasteiger charge is -2.33. The van der Waals surface area contributed by atoms with Gasteiger partial charge in [-0.25, -0.2) is 4.79 Å². The number of carboxylic acid groups (broad SMARTS) is 1. The third kappa shape index (κ3) is 3.58. The first-order chi connectivity index (χ1) is 6.91. The number of alkyl halides is 3. The molecule has 15 heavy (non-hydrogen) atoms. The van der Waals surface area contributed by atoms with E-state index in [0.29, 0.717) is 13.0 Å². The summed E-state index contributed by atoms with van der Waals surface area (Å²) < 4.78 is 37.5. The Bertz CT molecular complexity index is 232. The maximum atomic E-state index is 12.5. The number of halogens is 3. The third-order valence-corrected chi connectivity index (χ3v) is 2.48. The molecule has 1 aliphatic heterocycles. The van der Waals surface area contributed by atoms with Crippen LogP contribution in [0.1, 0.15) is 12.8 Å². The van der Waals surface area contributed by atoms with Gasteiger partial charge in [-0.1, -0.05) is 0 Å². The van der Waals surface area contributed by atoms with Crippen LogP contribution in [-0.2, 0) is 0 Å². The number of carbonyl (C=O) groups is 1. The molecule has 0 bridgehead atoms. The molecular weight excluding hydrogens is 213 g/mol. The van der Waals surface area contributed by atoms with Gasteiger partial charge in [0, 0.05) is 12.6 Å². The van der Waals surface area contributed by atoms with E-state index in [1.807, 2.05) is 5.32 Å². The summed E-state index contributed by atoms with van der Waals surface area (Å²) in [5.41, 5.74) is 0. The van der Waals surface area contributed by atoms with Crippen LogP contribution >= 0.6 is 0 Å². The van der Waals surface area contributed by atoms with Crippen molar-refractivity contribution in [2.45, 2.75) is 25.1 Å². The molecule has 1 heterocycles. The van der Waals surface area contributed by atoms with E-state index in [4.69, 9.17) is 5.11 Å². The Hall–Kier alpha value is -0.980. The smallest absolute Gasteiger partial charge is 0.404 e. The first kappa shape index (κ1) is 12.1. The van der Waals surface area contributed by atoms with Crippen LogP contribution in [0.5, 0.6) is 0 Å². The first-order valence-corrected chi connectivity index (χ1v) is 4.68. The second kappa shape index (κ2) is 4.69. The molecule has 88 valence electrons. The van der Waals surface area contributed by atoms with Crippen molar-refractivity contribution in [2.24, 2.45) is 5.92 Å². The van der Waals surface area contributed by atoms with Crippen LogP contribution < -0.4 is 10.6 Å². The molecule has 0 aromatic rings. The molecule has 4 nitrogen and oxygen atoms in total. The summed E-state index contributed by atoms with van der Waals surface area (Å²) in [6.45, 7) is 0.290. The average Bonchev–Trinajstić information content (AvgIpc) is 2.13. The average molecular weight is 226 g/mol. The van der Waals surface area contributed by atoms with Crippen molar-refractivity contribution in [3.8, 4) is 0 Å². The normalized spacial score (nSPS) is 27.4. The Morgan fingerprint density at radius 1 is 1.53 bits per heavy atom. The molecule has 1 saturated heterocycles. The van der Waals surface area contributed by atoms with E-state index < -0.39 is 24.2 Å². The van der Waals surface area contributed by atoms with E-state index in [1.54, 1.807) is 0 Å². The quantitative estimate of drug-likeness (QED) is 0.662. The van der Waals surface area contributed by atoms with Gasteiger partial charge in [0.05, 0.1) is 5.92 Å².